The third-order valence-corrected chi connectivity index (χ3v) is 10.7. The van der Waals surface area contributed by atoms with E-state index in [1.165, 1.54) is 70.6 Å². The Morgan fingerprint density at radius 1 is 0.618 bits per heavy atom. The third kappa shape index (κ3) is 39.5. The van der Waals surface area contributed by atoms with E-state index in [2.05, 4.69) is 32.1 Å². The molecule has 4 unspecified atom stereocenters. The quantitative estimate of drug-likeness (QED) is 0.0182. The summed E-state index contributed by atoms with van der Waals surface area (Å²) in [7, 11) is 1.59. The summed E-state index contributed by atoms with van der Waals surface area (Å²) < 4.78 is 34.9. The molecule has 0 saturated heterocycles. The van der Waals surface area contributed by atoms with Crippen molar-refractivity contribution >= 4 is 13.8 Å². The Morgan fingerprint density at radius 2 is 1.13 bits per heavy atom. The van der Waals surface area contributed by atoms with E-state index in [0.717, 1.165) is 70.6 Å². The van der Waals surface area contributed by atoms with E-state index in [1.54, 1.807) is 0 Å². The summed E-state index contributed by atoms with van der Waals surface area (Å²) in [6.45, 7) is 5.33. The predicted molar refractivity (Wildman–Crippen MR) is 227 cm³/mol. The number of phosphoric ester groups is 1. The number of phosphoric acid groups is 1. The maximum absolute atomic E-state index is 12.7. The number of aliphatic hydroxyl groups is 2. The zero-order chi connectivity index (χ0) is 40.9. The van der Waals surface area contributed by atoms with Crippen molar-refractivity contribution < 1.29 is 47.5 Å². The third-order valence-electron chi connectivity index (χ3n) is 9.69. The minimum absolute atomic E-state index is 0.0664. The molecule has 326 valence electrons. The number of carbonyl (C=O) groups is 1. The Morgan fingerprint density at radius 3 is 1.71 bits per heavy atom. The van der Waals surface area contributed by atoms with Gasteiger partial charge in [0.1, 0.15) is 19.3 Å². The molecule has 0 radical (unpaired) electrons. The van der Waals surface area contributed by atoms with E-state index in [-0.39, 0.29) is 32.2 Å². The van der Waals surface area contributed by atoms with Crippen LogP contribution in [0.15, 0.2) is 24.3 Å². The molecule has 0 bridgehead atoms. The van der Waals surface area contributed by atoms with Crippen LogP contribution in [0.3, 0.4) is 0 Å². The molecule has 0 spiro atoms. The summed E-state index contributed by atoms with van der Waals surface area (Å²) in [6.07, 6.45) is 34.0. The summed E-state index contributed by atoms with van der Waals surface area (Å²) in [6, 6.07) is 0. The van der Waals surface area contributed by atoms with Gasteiger partial charge in [0.05, 0.1) is 46.6 Å². The van der Waals surface area contributed by atoms with Gasteiger partial charge in [-0.15, -0.1) is 0 Å². The van der Waals surface area contributed by atoms with E-state index in [9.17, 15) is 24.5 Å². The van der Waals surface area contributed by atoms with Crippen LogP contribution in [0.1, 0.15) is 181 Å². The average Bonchev–Trinajstić information content (AvgIpc) is 3.13. The summed E-state index contributed by atoms with van der Waals surface area (Å²) >= 11 is 0. The molecule has 0 aromatic heterocycles. The molecule has 10 nitrogen and oxygen atoms in total. The molecular weight excluding hydrogens is 717 g/mol. The van der Waals surface area contributed by atoms with Crippen LogP contribution in [-0.4, -0.2) is 98.0 Å². The molecule has 0 fully saturated rings. The minimum atomic E-state index is -4.30. The molecule has 4 atom stereocenters. The van der Waals surface area contributed by atoms with Crippen LogP contribution in [0.25, 0.3) is 0 Å². The van der Waals surface area contributed by atoms with Gasteiger partial charge in [0, 0.05) is 13.0 Å². The smallest absolute Gasteiger partial charge is 0.457 e. The predicted octanol–water partition coefficient (Wildman–Crippen LogP) is 10.8. The number of hydrogen-bond acceptors (Lipinski definition) is 8. The molecule has 0 aromatic carbocycles. The molecule has 0 aliphatic rings. The van der Waals surface area contributed by atoms with Gasteiger partial charge in [0.15, 0.2) is 0 Å². The number of allylic oxidation sites excluding steroid dienone is 3. The number of rotatable bonds is 41. The van der Waals surface area contributed by atoms with Crippen molar-refractivity contribution in [2.45, 2.75) is 199 Å². The molecule has 0 aliphatic heterocycles. The fourth-order valence-electron chi connectivity index (χ4n) is 6.04. The molecular formula is C44H87NO9P+. The van der Waals surface area contributed by atoms with E-state index < -0.39 is 26.1 Å². The molecule has 0 aromatic rings. The maximum Gasteiger partial charge on any atom is 0.472 e. The maximum atomic E-state index is 12.7. The van der Waals surface area contributed by atoms with Crippen LogP contribution < -0.4 is 0 Å². The summed E-state index contributed by atoms with van der Waals surface area (Å²) in [5.41, 5.74) is 0. The van der Waals surface area contributed by atoms with Crippen molar-refractivity contribution in [1.29, 1.82) is 0 Å². The van der Waals surface area contributed by atoms with Crippen molar-refractivity contribution in [2.75, 3.05) is 54.1 Å². The van der Waals surface area contributed by atoms with E-state index in [1.807, 2.05) is 27.2 Å². The Hall–Kier alpha value is -1.10. The first kappa shape index (κ1) is 53.9. The fourth-order valence-corrected chi connectivity index (χ4v) is 6.78. The lowest BCUT2D eigenvalue weighted by atomic mass is 10.0. The number of esters is 1. The van der Waals surface area contributed by atoms with E-state index in [0.29, 0.717) is 36.9 Å². The SMILES string of the molecule is CCCCCCCC/C=C\CCCCCCCCOCC(COP(=O)(O)OCC[N+](C)(C)C)OC(=O)CCCCCCC/C=C\CC(O)C(O)CCCCC. The van der Waals surface area contributed by atoms with Gasteiger partial charge in [-0.1, -0.05) is 134 Å². The van der Waals surface area contributed by atoms with Crippen molar-refractivity contribution in [3.05, 3.63) is 24.3 Å². The summed E-state index contributed by atoms with van der Waals surface area (Å²) in [5, 5.41) is 20.1. The number of unbranched alkanes of at least 4 members (excludes halogenated alkanes) is 19. The zero-order valence-corrected chi connectivity index (χ0v) is 37.0. The second kappa shape index (κ2) is 37.2. The largest absolute Gasteiger partial charge is 0.472 e. The lowest BCUT2D eigenvalue weighted by Crippen LogP contribution is -2.37. The van der Waals surface area contributed by atoms with Crippen molar-refractivity contribution in [3.8, 4) is 0 Å². The second-order valence-electron chi connectivity index (χ2n) is 16.4. The molecule has 0 aliphatic carbocycles. The number of nitrogens with zero attached hydrogens (tertiary/aromatic N) is 1. The first-order valence-corrected chi connectivity index (χ1v) is 23.7. The van der Waals surface area contributed by atoms with Gasteiger partial charge in [-0.05, 0) is 64.2 Å². The number of ether oxygens (including phenoxy) is 2. The van der Waals surface area contributed by atoms with Crippen molar-refractivity contribution in [2.24, 2.45) is 0 Å². The van der Waals surface area contributed by atoms with Gasteiger partial charge < -0.3 is 29.1 Å². The molecule has 0 rings (SSSR count). The molecule has 0 heterocycles. The molecule has 11 heteroatoms. The van der Waals surface area contributed by atoms with Crippen LogP contribution in [0.2, 0.25) is 0 Å². The first-order valence-electron chi connectivity index (χ1n) is 22.3. The Kier molecular flexibility index (Phi) is 36.4. The normalized spacial score (nSPS) is 15.1. The minimum Gasteiger partial charge on any atom is -0.457 e. The highest BCUT2D eigenvalue weighted by atomic mass is 31.2. The Labute approximate surface area is 338 Å². The van der Waals surface area contributed by atoms with Crippen LogP contribution in [0.5, 0.6) is 0 Å². The lowest BCUT2D eigenvalue weighted by Gasteiger charge is -2.24. The average molecular weight is 805 g/mol. The summed E-state index contributed by atoms with van der Waals surface area (Å²) in [5.74, 6) is -0.369. The topological polar surface area (TPSA) is 132 Å². The van der Waals surface area contributed by atoms with Crippen LogP contribution in [0, 0.1) is 0 Å². The van der Waals surface area contributed by atoms with Crippen LogP contribution in [0.4, 0.5) is 0 Å². The molecule has 0 amide bonds. The second-order valence-corrected chi connectivity index (χ2v) is 17.8. The van der Waals surface area contributed by atoms with Gasteiger partial charge >= 0.3 is 13.8 Å². The standard InChI is InChI=1S/C44H86NO9P/c1-6-8-10-11-12-13-14-15-16-17-18-19-22-25-28-32-37-51-39-41(40-53-55(49,50)52-38-36-45(3,4)5)54-44(48)35-31-27-24-21-20-23-26-30-34-43(47)42(46)33-29-9-7-2/h15-16,26,30,41-43,46-47H,6-14,17-25,27-29,31-40H2,1-5H3/p+1/b16-15-,30-26-. The summed E-state index contributed by atoms with van der Waals surface area (Å²) in [4.78, 5) is 22.9. The highest BCUT2D eigenvalue weighted by Gasteiger charge is 2.26. The number of quaternary nitrogens is 1. The van der Waals surface area contributed by atoms with Crippen molar-refractivity contribution in [3.63, 3.8) is 0 Å². The van der Waals surface area contributed by atoms with Crippen LogP contribution >= 0.6 is 7.82 Å². The number of aliphatic hydroxyl groups excluding tert-OH is 2. The van der Waals surface area contributed by atoms with Gasteiger partial charge in [0.25, 0.3) is 0 Å². The van der Waals surface area contributed by atoms with E-state index >= 15 is 0 Å². The Balaban J connectivity index is 4.33. The van der Waals surface area contributed by atoms with Crippen LogP contribution in [-0.2, 0) is 27.9 Å². The number of carbonyl (C=O) groups excluding carboxylic acids is 1. The Bertz CT molecular complexity index is 971. The van der Waals surface area contributed by atoms with Gasteiger partial charge in [0.2, 0.25) is 0 Å². The van der Waals surface area contributed by atoms with Gasteiger partial charge in [-0.2, -0.15) is 0 Å². The highest BCUT2D eigenvalue weighted by Crippen LogP contribution is 2.43. The zero-order valence-electron chi connectivity index (χ0n) is 36.1. The number of hydrogen-bond donors (Lipinski definition) is 3. The number of likely N-dealkylation sites (N-methyl/N-ethyl adjacent to an activating group) is 1. The fraction of sp³-hybridized carbons (Fsp3) is 0.886. The van der Waals surface area contributed by atoms with Gasteiger partial charge in [-0.3, -0.25) is 13.8 Å². The van der Waals surface area contributed by atoms with Gasteiger partial charge in [-0.25, -0.2) is 4.57 Å². The molecule has 55 heavy (non-hydrogen) atoms. The van der Waals surface area contributed by atoms with E-state index in [4.69, 9.17) is 18.5 Å². The lowest BCUT2D eigenvalue weighted by molar-refractivity contribution is -0.870. The van der Waals surface area contributed by atoms with Crippen molar-refractivity contribution in [1.82, 2.24) is 0 Å². The first-order chi connectivity index (χ1) is 26.4. The monoisotopic (exact) mass is 805 g/mol. The highest BCUT2D eigenvalue weighted by molar-refractivity contribution is 7.47. The molecule has 3 N–H and O–H groups in total. The molecule has 0 saturated carbocycles.